The minimum atomic E-state index is -0.318. The summed E-state index contributed by atoms with van der Waals surface area (Å²) in [6.45, 7) is 2.03. The monoisotopic (exact) mass is 248 g/mol. The first-order valence-corrected chi connectivity index (χ1v) is 5.45. The molecule has 1 amide bonds. The number of H-pyrrole nitrogens is 1. The number of amides is 1. The van der Waals surface area contributed by atoms with Gasteiger partial charge in [-0.15, -0.1) is 5.10 Å². The Morgan fingerprint density at radius 1 is 1.50 bits per heavy atom. The minimum Gasteiger partial charge on any atom is -0.335 e. The lowest BCUT2D eigenvalue weighted by molar-refractivity contribution is 0.0773. The molecule has 94 valence electrons. The van der Waals surface area contributed by atoms with Crippen molar-refractivity contribution in [1.82, 2.24) is 20.1 Å². The van der Waals surface area contributed by atoms with E-state index in [1.807, 2.05) is 0 Å². The van der Waals surface area contributed by atoms with Gasteiger partial charge in [-0.1, -0.05) is 12.1 Å². The molecule has 1 heterocycles. The number of benzene rings is 1. The van der Waals surface area contributed by atoms with Gasteiger partial charge in [0.2, 0.25) is 5.82 Å². The van der Waals surface area contributed by atoms with Crippen molar-refractivity contribution in [2.45, 2.75) is 13.5 Å². The zero-order valence-electron chi connectivity index (χ0n) is 10.1. The topological polar surface area (TPSA) is 61.9 Å². The molecule has 18 heavy (non-hydrogen) atoms. The van der Waals surface area contributed by atoms with Gasteiger partial charge in [-0.05, 0) is 24.6 Å². The molecule has 0 aliphatic carbocycles. The second-order valence-corrected chi connectivity index (χ2v) is 4.04. The fourth-order valence-corrected chi connectivity index (χ4v) is 1.59. The summed E-state index contributed by atoms with van der Waals surface area (Å²) < 4.78 is 13.0. The maximum Gasteiger partial charge on any atom is 0.293 e. The molecule has 2 rings (SSSR count). The first-order chi connectivity index (χ1) is 8.56. The van der Waals surface area contributed by atoms with Gasteiger partial charge in [0.1, 0.15) is 11.6 Å². The number of hydrogen-bond acceptors (Lipinski definition) is 3. The fraction of sp³-hybridized carbons (Fsp3) is 0.250. The summed E-state index contributed by atoms with van der Waals surface area (Å²) in [5, 5.41) is 6.40. The van der Waals surface area contributed by atoms with E-state index in [-0.39, 0.29) is 17.5 Å². The van der Waals surface area contributed by atoms with E-state index in [1.165, 1.54) is 17.0 Å². The molecule has 2 aromatic rings. The van der Waals surface area contributed by atoms with E-state index in [0.717, 1.165) is 5.56 Å². The standard InChI is InChI=1S/C12H13FN4O/c1-8-14-11(16-15-8)12(18)17(2)7-9-4-3-5-10(13)6-9/h3-6H,7H2,1-2H3,(H,14,15,16). The van der Waals surface area contributed by atoms with Crippen molar-refractivity contribution in [3.63, 3.8) is 0 Å². The molecule has 0 unspecified atom stereocenters. The van der Waals surface area contributed by atoms with E-state index in [0.29, 0.717) is 12.4 Å². The Balaban J connectivity index is 2.08. The number of aromatic nitrogens is 3. The van der Waals surface area contributed by atoms with Gasteiger partial charge >= 0.3 is 0 Å². The van der Waals surface area contributed by atoms with E-state index in [2.05, 4.69) is 15.2 Å². The second-order valence-electron chi connectivity index (χ2n) is 4.04. The number of nitrogens with one attached hydrogen (secondary N) is 1. The second kappa shape index (κ2) is 4.95. The van der Waals surface area contributed by atoms with E-state index >= 15 is 0 Å². The van der Waals surface area contributed by atoms with E-state index in [9.17, 15) is 9.18 Å². The van der Waals surface area contributed by atoms with Crippen molar-refractivity contribution >= 4 is 5.91 Å². The summed E-state index contributed by atoms with van der Waals surface area (Å²) in [4.78, 5) is 17.3. The average Bonchev–Trinajstić information content (AvgIpc) is 2.75. The zero-order valence-corrected chi connectivity index (χ0v) is 10.1. The summed E-state index contributed by atoms with van der Waals surface area (Å²) in [6, 6.07) is 6.13. The van der Waals surface area contributed by atoms with Crippen LogP contribution in [0.5, 0.6) is 0 Å². The summed E-state index contributed by atoms with van der Waals surface area (Å²) in [6.07, 6.45) is 0. The molecule has 0 spiro atoms. The van der Waals surface area contributed by atoms with Crippen LogP contribution in [0.15, 0.2) is 24.3 Å². The number of halogens is 1. The average molecular weight is 248 g/mol. The van der Waals surface area contributed by atoms with Gasteiger partial charge in [0.25, 0.3) is 5.91 Å². The normalized spacial score (nSPS) is 10.4. The van der Waals surface area contributed by atoms with E-state index in [4.69, 9.17) is 0 Å². The maximum atomic E-state index is 13.0. The van der Waals surface area contributed by atoms with Crippen LogP contribution in [-0.4, -0.2) is 33.0 Å². The predicted molar refractivity (Wildman–Crippen MR) is 63.3 cm³/mol. The lowest BCUT2D eigenvalue weighted by Gasteiger charge is -2.15. The molecule has 1 aromatic carbocycles. The summed E-state index contributed by atoms with van der Waals surface area (Å²) in [7, 11) is 1.62. The fourth-order valence-electron chi connectivity index (χ4n) is 1.59. The number of aromatic amines is 1. The van der Waals surface area contributed by atoms with E-state index in [1.54, 1.807) is 26.1 Å². The first kappa shape index (κ1) is 12.2. The molecule has 0 fully saturated rings. The molecule has 0 bridgehead atoms. The van der Waals surface area contributed by atoms with Crippen molar-refractivity contribution in [1.29, 1.82) is 0 Å². The van der Waals surface area contributed by atoms with Crippen LogP contribution < -0.4 is 0 Å². The van der Waals surface area contributed by atoms with Crippen LogP contribution >= 0.6 is 0 Å². The number of rotatable bonds is 3. The largest absolute Gasteiger partial charge is 0.335 e. The molecule has 0 saturated carbocycles. The highest BCUT2D eigenvalue weighted by molar-refractivity contribution is 5.90. The van der Waals surface area contributed by atoms with Crippen LogP contribution in [0.25, 0.3) is 0 Å². The molecular weight excluding hydrogens is 235 g/mol. The van der Waals surface area contributed by atoms with Crippen LogP contribution in [0.4, 0.5) is 4.39 Å². The number of carbonyl (C=O) groups excluding carboxylic acids is 1. The van der Waals surface area contributed by atoms with Crippen LogP contribution in [-0.2, 0) is 6.54 Å². The SMILES string of the molecule is Cc1nc(C(=O)N(C)Cc2cccc(F)c2)n[nH]1. The van der Waals surface area contributed by atoms with Gasteiger partial charge in [0.15, 0.2) is 0 Å². The number of carbonyl (C=O) groups is 1. The van der Waals surface area contributed by atoms with Crippen molar-refractivity contribution in [3.8, 4) is 0 Å². The summed E-state index contributed by atoms with van der Waals surface area (Å²) >= 11 is 0. The molecule has 1 aromatic heterocycles. The van der Waals surface area contributed by atoms with Crippen LogP contribution in [0.3, 0.4) is 0 Å². The molecule has 0 saturated heterocycles. The highest BCUT2D eigenvalue weighted by Crippen LogP contribution is 2.08. The Hall–Kier alpha value is -2.24. The smallest absolute Gasteiger partial charge is 0.293 e. The Bertz CT molecular complexity index is 567. The highest BCUT2D eigenvalue weighted by Gasteiger charge is 2.16. The quantitative estimate of drug-likeness (QED) is 0.895. The molecule has 1 N–H and O–H groups in total. The predicted octanol–water partition coefficient (Wildman–Crippen LogP) is 1.52. The van der Waals surface area contributed by atoms with Crippen molar-refractivity contribution in [2.75, 3.05) is 7.05 Å². The van der Waals surface area contributed by atoms with Crippen LogP contribution in [0.1, 0.15) is 22.0 Å². The van der Waals surface area contributed by atoms with Gasteiger partial charge in [-0.25, -0.2) is 9.37 Å². The summed E-state index contributed by atoms with van der Waals surface area (Å²) in [5.74, 6) is 0.0783. The first-order valence-electron chi connectivity index (χ1n) is 5.45. The lowest BCUT2D eigenvalue weighted by Crippen LogP contribution is -2.27. The van der Waals surface area contributed by atoms with Gasteiger partial charge in [0, 0.05) is 13.6 Å². The molecular formula is C12H13FN4O. The summed E-state index contributed by atoms with van der Waals surface area (Å²) in [5.41, 5.74) is 0.720. The van der Waals surface area contributed by atoms with Gasteiger partial charge in [-0.3, -0.25) is 9.89 Å². The minimum absolute atomic E-state index is 0.117. The third kappa shape index (κ3) is 2.71. The van der Waals surface area contributed by atoms with Gasteiger partial charge in [-0.2, -0.15) is 0 Å². The van der Waals surface area contributed by atoms with Gasteiger partial charge < -0.3 is 4.90 Å². The Kier molecular flexibility index (Phi) is 3.36. The van der Waals surface area contributed by atoms with Crippen molar-refractivity contribution in [3.05, 3.63) is 47.3 Å². The number of nitrogens with zero attached hydrogens (tertiary/aromatic N) is 3. The van der Waals surface area contributed by atoms with Crippen LogP contribution in [0.2, 0.25) is 0 Å². The molecule has 0 aliphatic heterocycles. The molecule has 0 aliphatic rings. The Morgan fingerprint density at radius 2 is 2.28 bits per heavy atom. The van der Waals surface area contributed by atoms with Gasteiger partial charge in [0.05, 0.1) is 0 Å². The maximum absolute atomic E-state index is 13.0. The Labute approximate surface area is 104 Å². The third-order valence-electron chi connectivity index (χ3n) is 2.44. The molecule has 0 radical (unpaired) electrons. The lowest BCUT2D eigenvalue weighted by atomic mass is 10.2. The van der Waals surface area contributed by atoms with Crippen LogP contribution in [0, 0.1) is 12.7 Å². The molecule has 5 nitrogen and oxygen atoms in total. The third-order valence-corrected chi connectivity index (χ3v) is 2.44. The molecule has 0 atom stereocenters. The molecule has 6 heteroatoms. The Morgan fingerprint density at radius 3 is 2.89 bits per heavy atom. The van der Waals surface area contributed by atoms with Crippen molar-refractivity contribution in [2.24, 2.45) is 0 Å². The zero-order chi connectivity index (χ0) is 13.1. The van der Waals surface area contributed by atoms with Crippen molar-refractivity contribution < 1.29 is 9.18 Å². The number of hydrogen-bond donors (Lipinski definition) is 1. The van der Waals surface area contributed by atoms with E-state index < -0.39 is 0 Å². The number of aryl methyl sites for hydroxylation is 1. The highest BCUT2D eigenvalue weighted by atomic mass is 19.1.